The average molecular weight is 290 g/mol. The fourth-order valence-electron chi connectivity index (χ4n) is 2.13. The maximum Gasteiger partial charge on any atom is 0.229 e. The number of amides is 2. The van der Waals surface area contributed by atoms with Crippen LogP contribution in [-0.2, 0) is 9.59 Å². The quantitative estimate of drug-likeness (QED) is 0.557. The highest BCUT2D eigenvalue weighted by molar-refractivity contribution is 9.09. The maximum absolute atomic E-state index is 11.8. The zero-order chi connectivity index (χ0) is 12.0. The van der Waals surface area contributed by atoms with Gasteiger partial charge in [-0.2, -0.15) is 0 Å². The molecule has 0 aromatic carbocycles. The first-order valence-electron chi connectivity index (χ1n) is 6.08. The van der Waals surface area contributed by atoms with Crippen molar-refractivity contribution < 1.29 is 9.59 Å². The van der Waals surface area contributed by atoms with Crippen molar-refractivity contribution in [2.45, 2.75) is 45.4 Å². The van der Waals surface area contributed by atoms with Gasteiger partial charge in [0.15, 0.2) is 0 Å². The van der Waals surface area contributed by atoms with Gasteiger partial charge in [-0.25, -0.2) is 0 Å². The largest absolute Gasteiger partial charge is 0.282 e. The summed E-state index contributed by atoms with van der Waals surface area (Å²) in [6, 6.07) is 0. The second kappa shape index (κ2) is 7.05. The molecule has 3 nitrogen and oxygen atoms in total. The van der Waals surface area contributed by atoms with Crippen LogP contribution in [0.4, 0.5) is 0 Å². The molecule has 2 amide bonds. The normalized spacial score (nSPS) is 20.5. The molecule has 0 aliphatic carbocycles. The summed E-state index contributed by atoms with van der Waals surface area (Å²) in [6.07, 6.45) is 5.08. The monoisotopic (exact) mass is 289 g/mol. The summed E-state index contributed by atoms with van der Waals surface area (Å²) in [5.41, 5.74) is 0. The Labute approximate surface area is 106 Å². The first kappa shape index (κ1) is 13.7. The maximum atomic E-state index is 11.8. The summed E-state index contributed by atoms with van der Waals surface area (Å²) < 4.78 is 0. The van der Waals surface area contributed by atoms with Crippen molar-refractivity contribution in [3.05, 3.63) is 0 Å². The van der Waals surface area contributed by atoms with E-state index < -0.39 is 0 Å². The summed E-state index contributed by atoms with van der Waals surface area (Å²) in [7, 11) is 0. The Morgan fingerprint density at radius 1 is 1.50 bits per heavy atom. The lowest BCUT2D eigenvalue weighted by Crippen LogP contribution is -2.32. The Bertz CT molecular complexity index is 255. The summed E-state index contributed by atoms with van der Waals surface area (Å²) in [5.74, 6) is 0.449. The minimum atomic E-state index is 0.0181. The van der Waals surface area contributed by atoms with Crippen LogP contribution in [0, 0.1) is 5.92 Å². The molecule has 0 bridgehead atoms. The fourth-order valence-corrected chi connectivity index (χ4v) is 2.53. The van der Waals surface area contributed by atoms with E-state index in [1.165, 1.54) is 4.90 Å². The van der Waals surface area contributed by atoms with Gasteiger partial charge in [0.1, 0.15) is 0 Å². The molecule has 0 saturated carbocycles. The topological polar surface area (TPSA) is 37.4 Å². The summed E-state index contributed by atoms with van der Waals surface area (Å²) in [5, 5.41) is 0.923. The van der Waals surface area contributed by atoms with Crippen molar-refractivity contribution >= 4 is 27.7 Å². The van der Waals surface area contributed by atoms with Gasteiger partial charge in [-0.05, 0) is 25.2 Å². The number of likely N-dealkylation sites (tertiary alicyclic amines) is 1. The van der Waals surface area contributed by atoms with Gasteiger partial charge in [-0.1, -0.05) is 29.3 Å². The number of alkyl halides is 1. The van der Waals surface area contributed by atoms with Crippen molar-refractivity contribution in [2.75, 3.05) is 11.9 Å². The summed E-state index contributed by atoms with van der Waals surface area (Å²) in [4.78, 5) is 24.9. The molecule has 16 heavy (non-hydrogen) atoms. The molecule has 0 spiro atoms. The molecule has 4 heteroatoms. The van der Waals surface area contributed by atoms with Crippen LogP contribution in [0.3, 0.4) is 0 Å². The van der Waals surface area contributed by atoms with E-state index in [-0.39, 0.29) is 11.8 Å². The first-order valence-corrected chi connectivity index (χ1v) is 7.20. The Morgan fingerprint density at radius 2 is 2.25 bits per heavy atom. The number of halogens is 1. The lowest BCUT2D eigenvalue weighted by Gasteiger charge is -2.14. The molecule has 1 aliphatic rings. The molecule has 0 aromatic heterocycles. The molecule has 92 valence electrons. The van der Waals surface area contributed by atoms with Crippen LogP contribution >= 0.6 is 15.9 Å². The Morgan fingerprint density at radius 3 is 2.88 bits per heavy atom. The molecule has 1 fully saturated rings. The highest BCUT2D eigenvalue weighted by atomic mass is 79.9. The summed E-state index contributed by atoms with van der Waals surface area (Å²) >= 11 is 3.33. The zero-order valence-electron chi connectivity index (χ0n) is 9.88. The lowest BCUT2D eigenvalue weighted by molar-refractivity contribution is -0.141. The zero-order valence-corrected chi connectivity index (χ0v) is 11.5. The van der Waals surface area contributed by atoms with Gasteiger partial charge in [0.05, 0.1) is 0 Å². The van der Waals surface area contributed by atoms with Crippen molar-refractivity contribution in [1.29, 1.82) is 0 Å². The molecule has 0 radical (unpaired) electrons. The number of hydrogen-bond acceptors (Lipinski definition) is 2. The smallest absolute Gasteiger partial charge is 0.229 e. The lowest BCUT2D eigenvalue weighted by atomic mass is 10.0. The third-order valence-corrected chi connectivity index (χ3v) is 3.54. The third-order valence-electron chi connectivity index (χ3n) is 2.98. The van der Waals surface area contributed by atoms with Crippen LogP contribution in [0.2, 0.25) is 0 Å². The van der Waals surface area contributed by atoms with Crippen molar-refractivity contribution in [3.8, 4) is 0 Å². The van der Waals surface area contributed by atoms with E-state index >= 15 is 0 Å². The van der Waals surface area contributed by atoms with E-state index in [0.29, 0.717) is 25.3 Å². The molecule has 0 aromatic rings. The predicted octanol–water partition coefficient (Wildman–Crippen LogP) is 2.73. The Balaban J connectivity index is 2.36. The second-order valence-electron chi connectivity index (χ2n) is 4.40. The third kappa shape index (κ3) is 3.89. The van der Waals surface area contributed by atoms with Crippen molar-refractivity contribution in [3.63, 3.8) is 0 Å². The van der Waals surface area contributed by atoms with E-state index in [2.05, 4.69) is 22.9 Å². The molecule has 1 saturated heterocycles. The van der Waals surface area contributed by atoms with E-state index in [1.807, 2.05) is 0 Å². The van der Waals surface area contributed by atoms with Gasteiger partial charge in [0.2, 0.25) is 11.8 Å². The second-order valence-corrected chi connectivity index (χ2v) is 5.20. The number of carbonyl (C=O) groups excluding carboxylic acids is 2. The number of imide groups is 1. The number of hydrogen-bond donors (Lipinski definition) is 0. The van der Waals surface area contributed by atoms with Crippen LogP contribution < -0.4 is 0 Å². The van der Waals surface area contributed by atoms with Gasteiger partial charge in [-0.3, -0.25) is 14.5 Å². The van der Waals surface area contributed by atoms with E-state index in [9.17, 15) is 9.59 Å². The number of rotatable bonds is 6. The van der Waals surface area contributed by atoms with Crippen LogP contribution in [0.1, 0.15) is 45.4 Å². The fraction of sp³-hybridized carbons (Fsp3) is 0.833. The van der Waals surface area contributed by atoms with E-state index in [1.54, 1.807) is 0 Å². The number of nitrogens with zero attached hydrogens (tertiary/aromatic N) is 1. The van der Waals surface area contributed by atoms with Gasteiger partial charge >= 0.3 is 0 Å². The molecule has 1 unspecified atom stereocenters. The van der Waals surface area contributed by atoms with Gasteiger partial charge in [-0.15, -0.1) is 0 Å². The van der Waals surface area contributed by atoms with Crippen LogP contribution in [-0.4, -0.2) is 28.6 Å². The molecule has 1 atom stereocenters. The van der Waals surface area contributed by atoms with Crippen molar-refractivity contribution in [2.24, 2.45) is 5.92 Å². The highest BCUT2D eigenvalue weighted by Crippen LogP contribution is 2.23. The molecular formula is C12H20BrNO2. The van der Waals surface area contributed by atoms with Crippen LogP contribution in [0.5, 0.6) is 0 Å². The van der Waals surface area contributed by atoms with Gasteiger partial charge in [0, 0.05) is 24.7 Å². The van der Waals surface area contributed by atoms with Gasteiger partial charge < -0.3 is 0 Å². The van der Waals surface area contributed by atoms with E-state index in [0.717, 1.165) is 31.0 Å². The molecular weight excluding hydrogens is 270 g/mol. The highest BCUT2D eigenvalue weighted by Gasteiger charge is 2.32. The minimum absolute atomic E-state index is 0.0181. The van der Waals surface area contributed by atoms with Crippen LogP contribution in [0.25, 0.3) is 0 Å². The molecule has 0 N–H and O–H groups in total. The Kier molecular flexibility index (Phi) is 6.03. The Hall–Kier alpha value is -0.380. The molecule has 1 heterocycles. The predicted molar refractivity (Wildman–Crippen MR) is 67.4 cm³/mol. The molecule has 1 rings (SSSR count). The number of carbonyl (C=O) groups is 2. The van der Waals surface area contributed by atoms with E-state index in [4.69, 9.17) is 0 Å². The minimum Gasteiger partial charge on any atom is -0.282 e. The summed E-state index contributed by atoms with van der Waals surface area (Å²) in [6.45, 7) is 2.77. The first-order chi connectivity index (χ1) is 7.69. The van der Waals surface area contributed by atoms with Crippen LogP contribution in [0.15, 0.2) is 0 Å². The number of unbranched alkanes of at least 4 members (excludes halogenated alkanes) is 1. The average Bonchev–Trinajstić information content (AvgIpc) is 2.60. The molecule has 1 aliphatic heterocycles. The standard InChI is InChI=1S/C12H20BrNO2/c1-2-5-10-8-12(16)14(9-10)11(15)6-3-4-7-13/h10H,2-9H2,1H3. The SMILES string of the molecule is CCCC1CC(=O)N(C(=O)CCCCBr)C1. The van der Waals surface area contributed by atoms with Gasteiger partial charge in [0.25, 0.3) is 0 Å². The van der Waals surface area contributed by atoms with Crippen molar-refractivity contribution in [1.82, 2.24) is 4.90 Å².